The molecule has 1 amide bonds. The lowest BCUT2D eigenvalue weighted by atomic mass is 10.2. The molecular formula is C23H20ClFN4OS2. The number of nitrogens with zero attached hydrogens (tertiary/aromatic N) is 3. The molecule has 5 nitrogen and oxygen atoms in total. The van der Waals surface area contributed by atoms with E-state index in [1.165, 1.54) is 35.2 Å². The minimum absolute atomic E-state index is 0.162. The fraction of sp³-hybridized carbons (Fsp3) is 0.174. The van der Waals surface area contributed by atoms with E-state index in [0.717, 1.165) is 16.8 Å². The number of aryl methyl sites for hydroxylation is 1. The molecule has 0 radical (unpaired) electrons. The molecule has 0 fully saturated rings. The van der Waals surface area contributed by atoms with Gasteiger partial charge in [-0.25, -0.2) is 4.39 Å². The van der Waals surface area contributed by atoms with Crippen molar-refractivity contribution >= 4 is 40.6 Å². The van der Waals surface area contributed by atoms with E-state index in [2.05, 4.69) is 15.5 Å². The van der Waals surface area contributed by atoms with Gasteiger partial charge in [0.1, 0.15) is 5.82 Å². The van der Waals surface area contributed by atoms with E-state index in [4.69, 9.17) is 11.6 Å². The van der Waals surface area contributed by atoms with Gasteiger partial charge in [0.05, 0.1) is 16.6 Å². The van der Waals surface area contributed by atoms with Gasteiger partial charge in [0, 0.05) is 10.8 Å². The van der Waals surface area contributed by atoms with Crippen LogP contribution in [-0.2, 0) is 5.75 Å². The molecule has 0 aliphatic rings. The first-order valence-electron chi connectivity index (χ1n) is 9.86. The minimum atomic E-state index is -0.393. The molecule has 1 atom stereocenters. The lowest BCUT2D eigenvalue weighted by Crippen LogP contribution is -2.28. The van der Waals surface area contributed by atoms with Gasteiger partial charge in [-0.15, -0.1) is 21.5 Å². The highest BCUT2D eigenvalue weighted by atomic mass is 35.5. The van der Waals surface area contributed by atoms with Crippen LogP contribution in [0.25, 0.3) is 5.69 Å². The highest BCUT2D eigenvalue weighted by Crippen LogP contribution is 2.30. The monoisotopic (exact) mass is 486 g/mol. The van der Waals surface area contributed by atoms with E-state index in [0.29, 0.717) is 26.6 Å². The van der Waals surface area contributed by atoms with Gasteiger partial charge in [-0.05, 0) is 60.7 Å². The third-order valence-corrected chi connectivity index (χ3v) is 6.94. The summed E-state index contributed by atoms with van der Waals surface area (Å²) in [5.41, 5.74) is 2.81. The van der Waals surface area contributed by atoms with E-state index in [1.807, 2.05) is 48.1 Å². The Morgan fingerprint density at radius 1 is 1.22 bits per heavy atom. The Morgan fingerprint density at radius 3 is 2.72 bits per heavy atom. The number of aromatic nitrogens is 3. The first kappa shape index (κ1) is 22.5. The summed E-state index contributed by atoms with van der Waals surface area (Å²) in [6.45, 7) is 3.86. The Hall–Kier alpha value is -2.68. The van der Waals surface area contributed by atoms with Crippen LogP contribution in [-0.4, -0.2) is 20.7 Å². The largest absolute Gasteiger partial charge is 0.342 e. The van der Waals surface area contributed by atoms with Crippen LogP contribution in [0.2, 0.25) is 5.02 Å². The molecule has 0 saturated heterocycles. The predicted octanol–water partition coefficient (Wildman–Crippen LogP) is 6.21. The van der Waals surface area contributed by atoms with Crippen molar-refractivity contribution in [2.45, 2.75) is 30.8 Å². The SMILES string of the molecule is Cc1ccc(Cl)cc1-n1c(SCc2ccc(F)cc2)nnc1C(C)NC(=O)c1cccs1. The number of carbonyl (C=O) groups excluding carboxylic acids is 1. The first-order chi connectivity index (χ1) is 15.4. The average Bonchev–Trinajstić information content (AvgIpc) is 3.45. The van der Waals surface area contributed by atoms with Crippen LogP contribution in [0.3, 0.4) is 0 Å². The molecule has 0 aliphatic heterocycles. The van der Waals surface area contributed by atoms with Crippen molar-refractivity contribution < 1.29 is 9.18 Å². The third kappa shape index (κ3) is 5.03. The molecule has 1 N–H and O–H groups in total. The average molecular weight is 487 g/mol. The van der Waals surface area contributed by atoms with E-state index in [1.54, 1.807) is 18.2 Å². The normalized spacial score (nSPS) is 12.0. The number of halogens is 2. The summed E-state index contributed by atoms with van der Waals surface area (Å²) in [4.78, 5) is 13.2. The van der Waals surface area contributed by atoms with Gasteiger partial charge in [-0.2, -0.15) is 0 Å². The Morgan fingerprint density at radius 2 is 2.00 bits per heavy atom. The first-order valence-corrected chi connectivity index (χ1v) is 12.1. The van der Waals surface area contributed by atoms with E-state index < -0.39 is 6.04 Å². The second-order valence-electron chi connectivity index (χ2n) is 7.19. The molecular weight excluding hydrogens is 467 g/mol. The van der Waals surface area contributed by atoms with E-state index in [-0.39, 0.29) is 11.7 Å². The summed E-state index contributed by atoms with van der Waals surface area (Å²) in [5.74, 6) is 0.759. The number of benzene rings is 2. The van der Waals surface area contributed by atoms with Crippen molar-refractivity contribution in [3.63, 3.8) is 0 Å². The van der Waals surface area contributed by atoms with Gasteiger partial charge < -0.3 is 5.32 Å². The molecule has 4 aromatic rings. The number of thioether (sulfide) groups is 1. The van der Waals surface area contributed by atoms with Gasteiger partial charge in [-0.1, -0.05) is 47.6 Å². The van der Waals surface area contributed by atoms with Gasteiger partial charge in [0.15, 0.2) is 11.0 Å². The third-order valence-electron chi connectivity index (χ3n) is 4.83. The molecule has 0 saturated carbocycles. The summed E-state index contributed by atoms with van der Waals surface area (Å²) in [6.07, 6.45) is 0. The Kier molecular flexibility index (Phi) is 6.93. The standard InChI is InChI=1S/C23H20ClFN4OS2/c1-14-5-8-17(24)12-19(14)29-21(15(2)26-22(30)20-4-3-11-31-20)27-28-23(29)32-13-16-6-9-18(25)10-7-16/h3-12,15H,13H2,1-2H3,(H,26,30). The topological polar surface area (TPSA) is 59.8 Å². The van der Waals surface area contributed by atoms with Crippen molar-refractivity contribution in [2.24, 2.45) is 0 Å². The Balaban J connectivity index is 1.67. The molecule has 2 aromatic heterocycles. The van der Waals surface area contributed by atoms with Crippen LogP contribution < -0.4 is 5.32 Å². The summed E-state index contributed by atoms with van der Waals surface area (Å²) < 4.78 is 15.2. The number of hydrogen-bond donors (Lipinski definition) is 1. The predicted molar refractivity (Wildman–Crippen MR) is 127 cm³/mol. The molecule has 2 aromatic carbocycles. The summed E-state index contributed by atoms with van der Waals surface area (Å²) in [5, 5.41) is 14.9. The summed E-state index contributed by atoms with van der Waals surface area (Å²) in [6, 6.07) is 15.2. The number of nitrogens with one attached hydrogen (secondary N) is 1. The van der Waals surface area contributed by atoms with Gasteiger partial charge in [0.2, 0.25) is 0 Å². The lowest BCUT2D eigenvalue weighted by Gasteiger charge is -2.17. The maximum Gasteiger partial charge on any atom is 0.261 e. The zero-order chi connectivity index (χ0) is 22.7. The number of rotatable bonds is 7. The number of hydrogen-bond acceptors (Lipinski definition) is 5. The molecule has 0 aliphatic carbocycles. The van der Waals surface area contributed by atoms with Gasteiger partial charge in [-0.3, -0.25) is 9.36 Å². The second kappa shape index (κ2) is 9.85. The maximum atomic E-state index is 13.2. The summed E-state index contributed by atoms with van der Waals surface area (Å²) in [7, 11) is 0. The zero-order valence-corrected chi connectivity index (χ0v) is 19.8. The van der Waals surface area contributed by atoms with Crippen molar-refractivity contribution in [1.29, 1.82) is 0 Å². The second-order valence-corrected chi connectivity index (χ2v) is 9.52. The van der Waals surface area contributed by atoms with Crippen LogP contribution in [0, 0.1) is 12.7 Å². The van der Waals surface area contributed by atoms with Crippen LogP contribution in [0.15, 0.2) is 65.1 Å². The fourth-order valence-corrected chi connectivity index (χ4v) is 4.87. The molecule has 2 heterocycles. The van der Waals surface area contributed by atoms with Crippen LogP contribution in [0.1, 0.15) is 39.6 Å². The zero-order valence-electron chi connectivity index (χ0n) is 17.4. The van der Waals surface area contributed by atoms with E-state index in [9.17, 15) is 9.18 Å². The van der Waals surface area contributed by atoms with E-state index >= 15 is 0 Å². The summed E-state index contributed by atoms with van der Waals surface area (Å²) >= 11 is 9.16. The van der Waals surface area contributed by atoms with Crippen molar-refractivity contribution in [2.75, 3.05) is 0 Å². The highest BCUT2D eigenvalue weighted by molar-refractivity contribution is 7.98. The van der Waals surface area contributed by atoms with Crippen molar-refractivity contribution in [1.82, 2.24) is 20.1 Å². The molecule has 4 rings (SSSR count). The van der Waals surface area contributed by atoms with Gasteiger partial charge in [0.25, 0.3) is 5.91 Å². The number of carbonyl (C=O) groups is 1. The smallest absolute Gasteiger partial charge is 0.261 e. The molecule has 9 heteroatoms. The molecule has 0 spiro atoms. The Bertz CT molecular complexity index is 1230. The quantitative estimate of drug-likeness (QED) is 0.315. The van der Waals surface area contributed by atoms with Crippen molar-refractivity contribution in [3.05, 3.63) is 92.6 Å². The van der Waals surface area contributed by atoms with Crippen LogP contribution in [0.5, 0.6) is 0 Å². The fourth-order valence-electron chi connectivity index (χ4n) is 3.17. The highest BCUT2D eigenvalue weighted by Gasteiger charge is 2.23. The Labute approximate surface area is 198 Å². The van der Waals surface area contributed by atoms with Crippen LogP contribution in [0.4, 0.5) is 4.39 Å². The minimum Gasteiger partial charge on any atom is -0.342 e. The lowest BCUT2D eigenvalue weighted by molar-refractivity contribution is 0.0942. The van der Waals surface area contributed by atoms with Crippen LogP contribution >= 0.6 is 34.7 Å². The van der Waals surface area contributed by atoms with Crippen molar-refractivity contribution in [3.8, 4) is 5.69 Å². The number of thiophene rings is 1. The molecule has 0 bridgehead atoms. The molecule has 32 heavy (non-hydrogen) atoms. The maximum absolute atomic E-state index is 13.2. The molecule has 164 valence electrons. The number of amides is 1. The van der Waals surface area contributed by atoms with Gasteiger partial charge >= 0.3 is 0 Å². The molecule has 1 unspecified atom stereocenters.